The van der Waals surface area contributed by atoms with Crippen LogP contribution in [0, 0.1) is 6.92 Å². The smallest absolute Gasteiger partial charge is 0.317 e. The zero-order chi connectivity index (χ0) is 16.0. The van der Waals surface area contributed by atoms with Crippen LogP contribution in [0.25, 0.3) is 0 Å². The van der Waals surface area contributed by atoms with E-state index in [1.54, 1.807) is 7.05 Å². The predicted molar refractivity (Wildman–Crippen MR) is 76.7 cm³/mol. The molecule has 21 heavy (non-hydrogen) atoms. The maximum Gasteiger partial charge on any atom is 0.317 e. The van der Waals surface area contributed by atoms with Gasteiger partial charge in [-0.2, -0.15) is 0 Å². The normalized spacial score (nSPS) is 13.3. The molecule has 1 unspecified atom stereocenters. The summed E-state index contributed by atoms with van der Waals surface area (Å²) in [6, 6.07) is 5.15. The minimum Gasteiger partial charge on any atom is -0.481 e. The number of carboxylic acid groups (broad SMARTS) is 1. The first-order chi connectivity index (χ1) is 9.69. The number of carbonyl (C=O) groups excluding carboxylic acids is 1. The van der Waals surface area contributed by atoms with E-state index in [0.717, 1.165) is 11.4 Å². The second-order valence-electron chi connectivity index (χ2n) is 5.35. The number of nitrogens with zero attached hydrogens (tertiary/aromatic N) is 2. The van der Waals surface area contributed by atoms with Crippen LogP contribution in [0.1, 0.15) is 24.7 Å². The summed E-state index contributed by atoms with van der Waals surface area (Å²) < 4.78 is 0. The Balaban J connectivity index is 2.50. The topological polar surface area (TPSA) is 103 Å². The molecule has 3 N–H and O–H groups in total. The van der Waals surface area contributed by atoms with Gasteiger partial charge < -0.3 is 20.4 Å². The highest BCUT2D eigenvalue weighted by Gasteiger charge is 2.25. The molecule has 0 saturated carbocycles. The molecule has 0 aliphatic rings. The van der Waals surface area contributed by atoms with E-state index in [9.17, 15) is 14.7 Å². The van der Waals surface area contributed by atoms with Crippen molar-refractivity contribution >= 4 is 12.0 Å². The molecule has 1 aromatic heterocycles. The van der Waals surface area contributed by atoms with Crippen LogP contribution in [0.5, 0.6) is 0 Å². The van der Waals surface area contributed by atoms with Gasteiger partial charge in [0.1, 0.15) is 0 Å². The second-order valence-corrected chi connectivity index (χ2v) is 5.35. The first-order valence-corrected chi connectivity index (χ1v) is 6.55. The first kappa shape index (κ1) is 16.9. The molecule has 0 aliphatic heterocycles. The van der Waals surface area contributed by atoms with Gasteiger partial charge in [0.15, 0.2) is 0 Å². The van der Waals surface area contributed by atoms with E-state index in [1.165, 1.54) is 11.8 Å². The average Bonchev–Trinajstić information content (AvgIpc) is 2.34. The molecule has 7 nitrogen and oxygen atoms in total. The lowest BCUT2D eigenvalue weighted by Crippen LogP contribution is -2.46. The van der Waals surface area contributed by atoms with Gasteiger partial charge in [0, 0.05) is 19.3 Å². The number of aliphatic carboxylic acids is 1. The van der Waals surface area contributed by atoms with Gasteiger partial charge in [-0.3, -0.25) is 9.78 Å². The summed E-state index contributed by atoms with van der Waals surface area (Å²) in [6.07, 6.45) is -0.434. The van der Waals surface area contributed by atoms with Gasteiger partial charge in [-0.15, -0.1) is 0 Å². The molecule has 116 valence electrons. The molecular formula is C14H21N3O4. The van der Waals surface area contributed by atoms with Crippen LogP contribution in [-0.4, -0.2) is 51.3 Å². The van der Waals surface area contributed by atoms with Gasteiger partial charge in [-0.05, 0) is 26.0 Å². The van der Waals surface area contributed by atoms with E-state index in [4.69, 9.17) is 5.11 Å². The Labute approximate surface area is 123 Å². The molecule has 7 heteroatoms. The highest BCUT2D eigenvalue weighted by Crippen LogP contribution is 2.08. The van der Waals surface area contributed by atoms with E-state index in [0.29, 0.717) is 6.54 Å². The Bertz CT molecular complexity index is 517. The van der Waals surface area contributed by atoms with Crippen molar-refractivity contribution in [1.82, 2.24) is 15.2 Å². The molecule has 0 aromatic carbocycles. The lowest BCUT2D eigenvalue weighted by molar-refractivity contribution is -0.141. The van der Waals surface area contributed by atoms with E-state index < -0.39 is 24.0 Å². The summed E-state index contributed by atoms with van der Waals surface area (Å²) in [7, 11) is 1.60. The molecule has 1 rings (SSSR count). The van der Waals surface area contributed by atoms with E-state index in [1.807, 2.05) is 25.1 Å². The van der Waals surface area contributed by atoms with Gasteiger partial charge in [0.2, 0.25) is 0 Å². The minimum atomic E-state index is -1.48. The van der Waals surface area contributed by atoms with Gasteiger partial charge in [-0.25, -0.2) is 4.79 Å². The molecule has 0 saturated heterocycles. The van der Waals surface area contributed by atoms with E-state index >= 15 is 0 Å². The molecule has 2 amide bonds. The Morgan fingerprint density at radius 2 is 2.10 bits per heavy atom. The summed E-state index contributed by atoms with van der Waals surface area (Å²) in [6.45, 7) is 3.43. The van der Waals surface area contributed by atoms with Crippen molar-refractivity contribution in [3.05, 3.63) is 29.6 Å². The largest absolute Gasteiger partial charge is 0.481 e. The summed E-state index contributed by atoms with van der Waals surface area (Å²) >= 11 is 0. The zero-order valence-electron chi connectivity index (χ0n) is 12.5. The number of pyridine rings is 1. The van der Waals surface area contributed by atoms with Crippen LogP contribution in [0.4, 0.5) is 4.79 Å². The van der Waals surface area contributed by atoms with Crippen LogP contribution in [0.2, 0.25) is 0 Å². The summed E-state index contributed by atoms with van der Waals surface area (Å²) in [5, 5.41) is 21.0. The maximum atomic E-state index is 11.9. The van der Waals surface area contributed by atoms with Crippen LogP contribution >= 0.6 is 0 Å². The standard InChI is InChI=1S/C14H21N3O4/c1-10-5-4-6-11(16-10)8-17(3)13(20)15-9-14(2,21)7-12(18)19/h4-6,21H,7-9H2,1-3H3,(H,15,20)(H,18,19). The lowest BCUT2D eigenvalue weighted by atomic mass is 10.0. The van der Waals surface area contributed by atoms with Gasteiger partial charge in [0.05, 0.1) is 24.3 Å². The monoisotopic (exact) mass is 295 g/mol. The van der Waals surface area contributed by atoms with Crippen LogP contribution in [0.3, 0.4) is 0 Å². The number of carbonyl (C=O) groups is 2. The third-order valence-corrected chi connectivity index (χ3v) is 2.84. The number of aliphatic hydroxyl groups is 1. The van der Waals surface area contributed by atoms with Crippen molar-refractivity contribution in [2.75, 3.05) is 13.6 Å². The molecule has 0 aliphatic carbocycles. The number of aromatic nitrogens is 1. The number of hydrogen-bond acceptors (Lipinski definition) is 4. The summed E-state index contributed by atoms with van der Waals surface area (Å²) in [5.74, 6) is -1.12. The van der Waals surface area contributed by atoms with Crippen LogP contribution in [0.15, 0.2) is 18.2 Å². The third-order valence-electron chi connectivity index (χ3n) is 2.84. The molecular weight excluding hydrogens is 274 g/mol. The van der Waals surface area contributed by atoms with Crippen LogP contribution in [-0.2, 0) is 11.3 Å². The third kappa shape index (κ3) is 6.22. The molecule has 1 atom stereocenters. The molecule has 0 bridgehead atoms. The zero-order valence-corrected chi connectivity index (χ0v) is 12.5. The summed E-state index contributed by atoms with van der Waals surface area (Å²) in [4.78, 5) is 28.2. The highest BCUT2D eigenvalue weighted by molar-refractivity contribution is 5.74. The number of carboxylic acids is 1. The van der Waals surface area contributed by atoms with E-state index in [2.05, 4.69) is 10.3 Å². The fraction of sp³-hybridized carbons (Fsp3) is 0.500. The Kier molecular flexibility index (Phi) is 5.66. The fourth-order valence-corrected chi connectivity index (χ4v) is 1.79. The quantitative estimate of drug-likeness (QED) is 0.719. The second kappa shape index (κ2) is 7.03. The Hall–Kier alpha value is -2.15. The lowest BCUT2D eigenvalue weighted by Gasteiger charge is -2.24. The highest BCUT2D eigenvalue weighted by atomic mass is 16.4. The van der Waals surface area contributed by atoms with Crippen molar-refractivity contribution in [1.29, 1.82) is 0 Å². The van der Waals surface area contributed by atoms with E-state index in [-0.39, 0.29) is 6.54 Å². The van der Waals surface area contributed by atoms with Crippen molar-refractivity contribution in [3.8, 4) is 0 Å². The fourth-order valence-electron chi connectivity index (χ4n) is 1.79. The van der Waals surface area contributed by atoms with Crippen LogP contribution < -0.4 is 5.32 Å². The number of nitrogens with one attached hydrogen (secondary N) is 1. The average molecular weight is 295 g/mol. The molecule has 0 fully saturated rings. The molecule has 1 aromatic rings. The van der Waals surface area contributed by atoms with Gasteiger partial charge in [0.25, 0.3) is 0 Å². The van der Waals surface area contributed by atoms with Gasteiger partial charge in [-0.1, -0.05) is 6.07 Å². The Morgan fingerprint density at radius 3 is 2.67 bits per heavy atom. The number of aryl methyl sites for hydroxylation is 1. The number of urea groups is 1. The van der Waals surface area contributed by atoms with Crippen molar-refractivity contribution in [2.24, 2.45) is 0 Å². The molecule has 0 radical (unpaired) electrons. The first-order valence-electron chi connectivity index (χ1n) is 6.55. The molecule has 0 spiro atoms. The predicted octanol–water partition coefficient (Wildman–Crippen LogP) is 0.757. The van der Waals surface area contributed by atoms with Crippen molar-refractivity contribution in [3.63, 3.8) is 0 Å². The maximum absolute atomic E-state index is 11.9. The number of rotatable bonds is 6. The SMILES string of the molecule is Cc1cccc(CN(C)C(=O)NCC(C)(O)CC(=O)O)n1. The summed E-state index contributed by atoms with van der Waals surface area (Å²) in [5.41, 5.74) is 0.139. The molecule has 1 heterocycles. The van der Waals surface area contributed by atoms with Crippen molar-refractivity contribution in [2.45, 2.75) is 32.4 Å². The van der Waals surface area contributed by atoms with Crippen molar-refractivity contribution < 1.29 is 19.8 Å². The van der Waals surface area contributed by atoms with Gasteiger partial charge >= 0.3 is 12.0 Å². The Morgan fingerprint density at radius 1 is 1.43 bits per heavy atom. The number of hydrogen-bond donors (Lipinski definition) is 3. The number of amides is 2. The minimum absolute atomic E-state index is 0.135.